The minimum Gasteiger partial charge on any atom is -0.497 e. The smallest absolute Gasteiger partial charge is 0.459 e. The van der Waals surface area contributed by atoms with E-state index in [4.69, 9.17) is 9.47 Å². The van der Waals surface area contributed by atoms with Gasteiger partial charge in [-0.1, -0.05) is 18.2 Å². The lowest BCUT2D eigenvalue weighted by Crippen LogP contribution is -2.48. The van der Waals surface area contributed by atoms with Gasteiger partial charge in [0, 0.05) is 13.1 Å². The summed E-state index contributed by atoms with van der Waals surface area (Å²) in [6.07, 6.45) is -4.21. The fraction of sp³-hybridized carbons (Fsp3) is 0.529. The molecule has 0 saturated carbocycles. The van der Waals surface area contributed by atoms with Gasteiger partial charge < -0.3 is 14.4 Å². The fourth-order valence-corrected chi connectivity index (χ4v) is 2.57. The average molecular weight is 365 g/mol. The number of morpholine rings is 1. The van der Waals surface area contributed by atoms with Gasteiger partial charge in [0.25, 0.3) is 0 Å². The van der Waals surface area contributed by atoms with E-state index in [0.29, 0.717) is 12.2 Å². The number of alkyl halides is 5. The topological polar surface area (TPSA) is 21.7 Å². The van der Waals surface area contributed by atoms with Gasteiger partial charge in [-0.15, -0.1) is 0 Å². The molecule has 1 heterocycles. The highest BCUT2D eigenvalue weighted by Crippen LogP contribution is 2.42. The number of hydrogen-bond donors (Lipinski definition) is 0. The van der Waals surface area contributed by atoms with Crippen LogP contribution in [0.1, 0.15) is 12.0 Å². The lowest BCUT2D eigenvalue weighted by atomic mass is 10.1. The molecule has 1 aliphatic rings. The summed E-state index contributed by atoms with van der Waals surface area (Å²) in [6.45, 7) is 0.285. The Hall–Kier alpha value is -1.83. The average Bonchev–Trinajstić information content (AvgIpc) is 2.59. The molecule has 1 saturated heterocycles. The van der Waals surface area contributed by atoms with Crippen molar-refractivity contribution in [3.8, 4) is 5.75 Å². The first-order valence-electron chi connectivity index (χ1n) is 7.86. The Morgan fingerprint density at radius 2 is 1.72 bits per heavy atom. The van der Waals surface area contributed by atoms with Crippen LogP contribution in [0.4, 0.5) is 22.0 Å². The van der Waals surface area contributed by atoms with Gasteiger partial charge in [0.2, 0.25) is 0 Å². The molecule has 8 heteroatoms. The maximum atomic E-state index is 13.9. The normalized spacial score (nSPS) is 16.9. The van der Waals surface area contributed by atoms with Crippen LogP contribution in [-0.2, 0) is 11.2 Å². The second-order valence-electron chi connectivity index (χ2n) is 5.65. The molecule has 25 heavy (non-hydrogen) atoms. The molecular weight excluding hydrogens is 345 g/mol. The van der Waals surface area contributed by atoms with E-state index in [1.165, 1.54) is 7.11 Å². The number of hydrogen-bond acceptors (Lipinski definition) is 3. The summed E-state index contributed by atoms with van der Waals surface area (Å²) >= 11 is 0. The first-order valence-corrected chi connectivity index (χ1v) is 7.86. The lowest BCUT2D eigenvalue weighted by molar-refractivity contribution is -0.271. The van der Waals surface area contributed by atoms with Gasteiger partial charge in [0.05, 0.1) is 26.0 Å². The van der Waals surface area contributed by atoms with Crippen molar-refractivity contribution in [2.75, 3.05) is 33.4 Å². The zero-order valence-electron chi connectivity index (χ0n) is 13.8. The predicted molar refractivity (Wildman–Crippen MR) is 82.8 cm³/mol. The molecule has 2 rings (SSSR count). The summed E-state index contributed by atoms with van der Waals surface area (Å²) in [5, 5.41) is 0. The van der Waals surface area contributed by atoms with Crippen molar-refractivity contribution < 1.29 is 31.4 Å². The number of ether oxygens (including phenoxy) is 2. The van der Waals surface area contributed by atoms with Crippen molar-refractivity contribution in [1.82, 2.24) is 4.90 Å². The highest BCUT2D eigenvalue weighted by atomic mass is 19.4. The van der Waals surface area contributed by atoms with E-state index < -0.39 is 17.8 Å². The van der Waals surface area contributed by atoms with Gasteiger partial charge in [-0.25, -0.2) is 0 Å². The lowest BCUT2D eigenvalue weighted by Gasteiger charge is -2.35. The van der Waals surface area contributed by atoms with Crippen LogP contribution in [-0.4, -0.2) is 50.4 Å². The van der Waals surface area contributed by atoms with Crippen molar-refractivity contribution in [3.05, 3.63) is 41.6 Å². The van der Waals surface area contributed by atoms with Crippen molar-refractivity contribution in [2.24, 2.45) is 0 Å². The number of allylic oxidation sites excluding steroid dienone is 2. The van der Waals surface area contributed by atoms with E-state index in [2.05, 4.69) is 0 Å². The van der Waals surface area contributed by atoms with E-state index in [0.717, 1.165) is 16.5 Å². The molecular formula is C17H20F5NO2. The van der Waals surface area contributed by atoms with Gasteiger partial charge >= 0.3 is 12.1 Å². The summed E-state index contributed by atoms with van der Waals surface area (Å²) in [6, 6.07) is 6.93. The third kappa shape index (κ3) is 4.84. The molecule has 0 spiro atoms. The molecule has 1 aromatic carbocycles. The summed E-state index contributed by atoms with van der Waals surface area (Å²) in [7, 11) is 1.52. The summed E-state index contributed by atoms with van der Waals surface area (Å²) in [5.74, 6) is -4.23. The Labute approximate surface area is 143 Å². The van der Waals surface area contributed by atoms with E-state index in [9.17, 15) is 22.0 Å². The van der Waals surface area contributed by atoms with Crippen LogP contribution < -0.4 is 4.74 Å². The van der Waals surface area contributed by atoms with E-state index in [1.807, 2.05) is 0 Å². The standard InChI is InChI=1S/C17H20F5NO2/c1-24-14-7-5-13(6-8-14)3-2-4-15(16(18,19)17(20,21)22)23-9-11-25-12-10-23/h4-8H,2-3,9-12H2,1H3/b15-4+. The molecule has 0 bridgehead atoms. The number of aryl methyl sites for hydroxylation is 1. The quantitative estimate of drug-likeness (QED) is 0.710. The van der Waals surface area contributed by atoms with Gasteiger partial charge in [-0.3, -0.25) is 0 Å². The monoisotopic (exact) mass is 365 g/mol. The Balaban J connectivity index is 2.14. The Morgan fingerprint density at radius 3 is 2.24 bits per heavy atom. The fourth-order valence-electron chi connectivity index (χ4n) is 2.57. The second kappa shape index (κ2) is 8.03. The molecule has 1 fully saturated rings. The number of nitrogens with zero attached hydrogens (tertiary/aromatic N) is 1. The van der Waals surface area contributed by atoms with Gasteiger partial charge in [0.15, 0.2) is 0 Å². The van der Waals surface area contributed by atoms with Crippen LogP contribution in [0.25, 0.3) is 0 Å². The number of halogens is 5. The summed E-state index contributed by atoms with van der Waals surface area (Å²) < 4.78 is 76.3. The summed E-state index contributed by atoms with van der Waals surface area (Å²) in [5.41, 5.74) is -0.162. The van der Waals surface area contributed by atoms with Gasteiger partial charge in [-0.05, 0) is 30.5 Å². The highest BCUT2D eigenvalue weighted by molar-refractivity contribution is 5.27. The van der Waals surface area contributed by atoms with E-state index in [-0.39, 0.29) is 32.7 Å². The molecule has 0 N–H and O–H groups in total. The molecule has 140 valence electrons. The zero-order chi connectivity index (χ0) is 18.5. The maximum absolute atomic E-state index is 13.9. The van der Waals surface area contributed by atoms with Crippen LogP contribution >= 0.6 is 0 Å². The number of methoxy groups -OCH3 is 1. The van der Waals surface area contributed by atoms with Crippen molar-refractivity contribution in [3.63, 3.8) is 0 Å². The van der Waals surface area contributed by atoms with Crippen molar-refractivity contribution in [1.29, 1.82) is 0 Å². The van der Waals surface area contributed by atoms with Crippen molar-refractivity contribution >= 4 is 0 Å². The molecule has 1 aromatic rings. The molecule has 0 radical (unpaired) electrons. The van der Waals surface area contributed by atoms with Crippen LogP contribution in [0.2, 0.25) is 0 Å². The van der Waals surface area contributed by atoms with Crippen LogP contribution in [0, 0.1) is 0 Å². The Kier molecular flexibility index (Phi) is 6.26. The predicted octanol–water partition coefficient (Wildman–Crippen LogP) is 4.04. The number of rotatable bonds is 6. The molecule has 0 aromatic heterocycles. The molecule has 0 amide bonds. The van der Waals surface area contributed by atoms with Crippen molar-refractivity contribution in [2.45, 2.75) is 24.9 Å². The Morgan fingerprint density at radius 1 is 1.12 bits per heavy atom. The molecule has 1 aliphatic heterocycles. The molecule has 0 aliphatic carbocycles. The highest BCUT2D eigenvalue weighted by Gasteiger charge is 2.61. The third-order valence-electron chi connectivity index (χ3n) is 3.96. The minimum atomic E-state index is -5.63. The first-order chi connectivity index (χ1) is 11.8. The Bertz CT molecular complexity index is 578. The van der Waals surface area contributed by atoms with E-state index in [1.54, 1.807) is 24.3 Å². The molecule has 0 atom stereocenters. The van der Waals surface area contributed by atoms with E-state index >= 15 is 0 Å². The van der Waals surface area contributed by atoms with Crippen LogP contribution in [0.5, 0.6) is 5.75 Å². The second-order valence-corrected chi connectivity index (χ2v) is 5.65. The van der Waals surface area contributed by atoms with Crippen LogP contribution in [0.3, 0.4) is 0 Å². The SMILES string of the molecule is COc1ccc(CC/C=C(/N2CCOCC2)C(F)(F)C(F)(F)F)cc1. The molecule has 0 unspecified atom stereocenters. The van der Waals surface area contributed by atoms with Crippen LogP contribution in [0.15, 0.2) is 36.0 Å². The first kappa shape index (κ1) is 19.5. The zero-order valence-corrected chi connectivity index (χ0v) is 13.8. The largest absolute Gasteiger partial charge is 0.497 e. The minimum absolute atomic E-state index is 0.0139. The summed E-state index contributed by atoms with van der Waals surface area (Å²) in [4.78, 5) is 1.06. The van der Waals surface area contributed by atoms with Gasteiger partial charge in [-0.2, -0.15) is 22.0 Å². The third-order valence-corrected chi connectivity index (χ3v) is 3.96. The number of benzene rings is 1. The molecule has 3 nitrogen and oxygen atoms in total. The van der Waals surface area contributed by atoms with Gasteiger partial charge in [0.1, 0.15) is 5.75 Å². The maximum Gasteiger partial charge on any atom is 0.459 e.